The molecular formula is C8H12S. The molecular weight excluding hydrogens is 128 g/mol. The van der Waals surface area contributed by atoms with Crippen LogP contribution in [0.5, 0.6) is 0 Å². The molecule has 1 aromatic rings. The zero-order chi connectivity index (χ0) is 6.85. The van der Waals surface area contributed by atoms with Crippen LogP contribution in [0.4, 0.5) is 0 Å². The van der Waals surface area contributed by atoms with Gasteiger partial charge in [-0.2, -0.15) is 0 Å². The highest BCUT2D eigenvalue weighted by Gasteiger charge is 1.96. The van der Waals surface area contributed by atoms with Crippen molar-refractivity contribution >= 4 is 11.3 Å². The summed E-state index contributed by atoms with van der Waals surface area (Å²) in [6.07, 6.45) is 1.18. The SMILES string of the molecule is CCc1cc(C)c(C)s1. The molecule has 0 nitrogen and oxygen atoms in total. The first-order valence-corrected chi connectivity index (χ1v) is 4.11. The summed E-state index contributed by atoms with van der Waals surface area (Å²) in [5.74, 6) is 0. The maximum atomic E-state index is 2.28. The first-order valence-electron chi connectivity index (χ1n) is 3.30. The van der Waals surface area contributed by atoms with Gasteiger partial charge in [-0.1, -0.05) is 6.92 Å². The molecule has 50 valence electrons. The molecule has 0 N–H and O–H groups in total. The molecule has 1 heteroatoms. The van der Waals surface area contributed by atoms with E-state index in [0.29, 0.717) is 0 Å². The largest absolute Gasteiger partial charge is 0.145 e. The lowest BCUT2D eigenvalue weighted by Crippen LogP contribution is -1.66. The minimum atomic E-state index is 1.18. The normalized spacial score (nSPS) is 10.1. The van der Waals surface area contributed by atoms with Crippen LogP contribution >= 0.6 is 11.3 Å². The summed E-state index contributed by atoms with van der Waals surface area (Å²) < 4.78 is 0. The highest BCUT2D eigenvalue weighted by molar-refractivity contribution is 7.12. The predicted molar refractivity (Wildman–Crippen MR) is 43.2 cm³/mol. The Hall–Kier alpha value is -0.300. The summed E-state index contributed by atoms with van der Waals surface area (Å²) in [4.78, 5) is 2.97. The van der Waals surface area contributed by atoms with Crippen LogP contribution in [0.3, 0.4) is 0 Å². The third-order valence-electron chi connectivity index (χ3n) is 1.57. The number of thiophene rings is 1. The lowest BCUT2D eigenvalue weighted by molar-refractivity contribution is 1.18. The summed E-state index contributed by atoms with van der Waals surface area (Å²) in [6.45, 7) is 6.55. The summed E-state index contributed by atoms with van der Waals surface area (Å²) >= 11 is 1.91. The smallest absolute Gasteiger partial charge is 0.00480 e. The van der Waals surface area contributed by atoms with Gasteiger partial charge in [0.1, 0.15) is 0 Å². The second kappa shape index (κ2) is 2.53. The molecule has 0 fully saturated rings. The molecule has 0 bridgehead atoms. The van der Waals surface area contributed by atoms with Gasteiger partial charge < -0.3 is 0 Å². The van der Waals surface area contributed by atoms with Crippen molar-refractivity contribution in [2.45, 2.75) is 27.2 Å². The average molecular weight is 140 g/mol. The molecule has 0 unspecified atom stereocenters. The fourth-order valence-corrected chi connectivity index (χ4v) is 1.82. The van der Waals surface area contributed by atoms with Gasteiger partial charge in [0.2, 0.25) is 0 Å². The molecule has 9 heavy (non-hydrogen) atoms. The molecule has 0 aliphatic rings. The predicted octanol–water partition coefficient (Wildman–Crippen LogP) is 2.93. The number of aryl methyl sites for hydroxylation is 3. The van der Waals surface area contributed by atoms with E-state index in [1.807, 2.05) is 11.3 Å². The van der Waals surface area contributed by atoms with Crippen molar-refractivity contribution in [1.29, 1.82) is 0 Å². The van der Waals surface area contributed by atoms with E-state index in [9.17, 15) is 0 Å². The Morgan fingerprint density at radius 3 is 2.33 bits per heavy atom. The first-order chi connectivity index (χ1) is 4.24. The number of hydrogen-bond acceptors (Lipinski definition) is 1. The molecule has 0 saturated carbocycles. The Morgan fingerprint density at radius 1 is 1.44 bits per heavy atom. The van der Waals surface area contributed by atoms with Gasteiger partial charge in [0.25, 0.3) is 0 Å². The van der Waals surface area contributed by atoms with E-state index < -0.39 is 0 Å². The fourth-order valence-electron chi connectivity index (χ4n) is 0.824. The number of hydrogen-bond donors (Lipinski definition) is 0. The second-order valence-electron chi connectivity index (χ2n) is 2.31. The van der Waals surface area contributed by atoms with Crippen LogP contribution < -0.4 is 0 Å². The molecule has 1 rings (SSSR count). The molecule has 0 aliphatic carbocycles. The average Bonchev–Trinajstić information content (AvgIpc) is 2.13. The molecule has 0 spiro atoms. The zero-order valence-electron chi connectivity index (χ0n) is 6.19. The van der Waals surface area contributed by atoms with Crippen LogP contribution in [0.25, 0.3) is 0 Å². The van der Waals surface area contributed by atoms with Crippen molar-refractivity contribution in [1.82, 2.24) is 0 Å². The standard InChI is InChI=1S/C8H12S/c1-4-8-5-6(2)7(3)9-8/h5H,4H2,1-3H3. The van der Waals surface area contributed by atoms with Crippen LogP contribution in [-0.4, -0.2) is 0 Å². The van der Waals surface area contributed by atoms with Gasteiger partial charge in [-0.05, 0) is 31.9 Å². The molecule has 1 heterocycles. The molecule has 1 aromatic heterocycles. The van der Waals surface area contributed by atoms with Crippen molar-refractivity contribution in [3.63, 3.8) is 0 Å². The lowest BCUT2D eigenvalue weighted by Gasteiger charge is -1.80. The quantitative estimate of drug-likeness (QED) is 0.562. The Balaban J connectivity index is 2.98. The summed E-state index contributed by atoms with van der Waals surface area (Å²) in [7, 11) is 0. The number of rotatable bonds is 1. The monoisotopic (exact) mass is 140 g/mol. The maximum absolute atomic E-state index is 2.28. The second-order valence-corrected chi connectivity index (χ2v) is 3.65. The summed E-state index contributed by atoms with van der Waals surface area (Å²) in [5.41, 5.74) is 1.44. The Kier molecular flexibility index (Phi) is 1.91. The lowest BCUT2D eigenvalue weighted by atomic mass is 10.2. The van der Waals surface area contributed by atoms with E-state index in [2.05, 4.69) is 26.8 Å². The van der Waals surface area contributed by atoms with Gasteiger partial charge in [-0.3, -0.25) is 0 Å². The van der Waals surface area contributed by atoms with Crippen LogP contribution in [0.15, 0.2) is 6.07 Å². The van der Waals surface area contributed by atoms with E-state index in [1.54, 1.807) is 0 Å². The third-order valence-corrected chi connectivity index (χ3v) is 2.86. The topological polar surface area (TPSA) is 0 Å². The minimum absolute atomic E-state index is 1.18. The highest BCUT2D eigenvalue weighted by Crippen LogP contribution is 2.20. The van der Waals surface area contributed by atoms with Gasteiger partial charge in [0.15, 0.2) is 0 Å². The molecule has 0 aliphatic heterocycles. The maximum Gasteiger partial charge on any atom is 0.00480 e. The zero-order valence-corrected chi connectivity index (χ0v) is 7.01. The molecule has 0 atom stereocenters. The van der Waals surface area contributed by atoms with Gasteiger partial charge in [-0.25, -0.2) is 0 Å². The van der Waals surface area contributed by atoms with Crippen LogP contribution in [0.1, 0.15) is 22.2 Å². The van der Waals surface area contributed by atoms with Crippen molar-refractivity contribution < 1.29 is 0 Å². The van der Waals surface area contributed by atoms with Gasteiger partial charge in [0.05, 0.1) is 0 Å². The molecule has 0 amide bonds. The summed E-state index contributed by atoms with van der Waals surface area (Å²) in [5, 5.41) is 0. The Morgan fingerprint density at radius 2 is 2.11 bits per heavy atom. The van der Waals surface area contributed by atoms with Crippen LogP contribution in [0, 0.1) is 13.8 Å². The van der Waals surface area contributed by atoms with E-state index in [1.165, 1.54) is 21.7 Å². The van der Waals surface area contributed by atoms with Crippen molar-refractivity contribution in [2.75, 3.05) is 0 Å². The molecule has 0 saturated heterocycles. The van der Waals surface area contributed by atoms with Gasteiger partial charge in [0, 0.05) is 9.75 Å². The van der Waals surface area contributed by atoms with Crippen LogP contribution in [0.2, 0.25) is 0 Å². The first kappa shape index (κ1) is 6.81. The van der Waals surface area contributed by atoms with Gasteiger partial charge >= 0.3 is 0 Å². The molecule has 0 aromatic carbocycles. The van der Waals surface area contributed by atoms with E-state index >= 15 is 0 Å². The van der Waals surface area contributed by atoms with Crippen LogP contribution in [-0.2, 0) is 6.42 Å². The highest BCUT2D eigenvalue weighted by atomic mass is 32.1. The molecule has 0 radical (unpaired) electrons. The minimum Gasteiger partial charge on any atom is -0.145 e. The van der Waals surface area contributed by atoms with Crippen molar-refractivity contribution in [3.8, 4) is 0 Å². The van der Waals surface area contributed by atoms with Crippen molar-refractivity contribution in [2.24, 2.45) is 0 Å². The Bertz CT molecular complexity index is 179. The van der Waals surface area contributed by atoms with E-state index in [4.69, 9.17) is 0 Å². The fraction of sp³-hybridized carbons (Fsp3) is 0.500. The summed E-state index contributed by atoms with van der Waals surface area (Å²) in [6, 6.07) is 2.28. The Labute approximate surface area is 60.5 Å². The van der Waals surface area contributed by atoms with Crippen molar-refractivity contribution in [3.05, 3.63) is 21.4 Å². The van der Waals surface area contributed by atoms with E-state index in [-0.39, 0.29) is 0 Å². The van der Waals surface area contributed by atoms with Gasteiger partial charge in [-0.15, -0.1) is 11.3 Å². The third kappa shape index (κ3) is 1.33. The van der Waals surface area contributed by atoms with E-state index in [0.717, 1.165) is 0 Å².